The van der Waals surface area contributed by atoms with Crippen molar-refractivity contribution >= 4 is 6.09 Å². The number of para-hydroxylation sites is 1. The van der Waals surface area contributed by atoms with E-state index in [4.69, 9.17) is 10.5 Å². The Bertz CT molecular complexity index is 327. The second-order valence-electron chi connectivity index (χ2n) is 3.85. The molecule has 16 heavy (non-hydrogen) atoms. The lowest BCUT2D eigenvalue weighted by Gasteiger charge is -2.19. The van der Waals surface area contributed by atoms with Gasteiger partial charge in [-0.25, -0.2) is 4.79 Å². The Labute approximate surface area is 95.8 Å². The minimum atomic E-state index is -0.445. The standard InChI is InChI=1S/C12H18N2O2/c1-9(8-13)10(2)14-12(15)16-11-6-4-3-5-7-11/h3-7,9-10H,8,13H2,1-2H3,(H,14,15). The molecule has 0 aliphatic heterocycles. The normalized spacial score (nSPS) is 13.9. The summed E-state index contributed by atoms with van der Waals surface area (Å²) in [6, 6.07) is 8.96. The van der Waals surface area contributed by atoms with Gasteiger partial charge in [-0.3, -0.25) is 0 Å². The van der Waals surface area contributed by atoms with E-state index in [2.05, 4.69) is 5.32 Å². The molecule has 2 atom stereocenters. The monoisotopic (exact) mass is 222 g/mol. The molecule has 4 nitrogen and oxygen atoms in total. The zero-order valence-corrected chi connectivity index (χ0v) is 9.64. The fourth-order valence-corrected chi connectivity index (χ4v) is 1.16. The molecular weight excluding hydrogens is 204 g/mol. The van der Waals surface area contributed by atoms with Crippen LogP contribution in [0, 0.1) is 5.92 Å². The molecule has 0 saturated heterocycles. The predicted octanol–water partition coefficient (Wildman–Crippen LogP) is 1.76. The number of benzene rings is 1. The maximum Gasteiger partial charge on any atom is 0.412 e. The van der Waals surface area contributed by atoms with Crippen molar-refractivity contribution < 1.29 is 9.53 Å². The molecule has 0 aliphatic carbocycles. The Hall–Kier alpha value is -1.55. The number of hydrogen-bond acceptors (Lipinski definition) is 3. The molecule has 0 heterocycles. The Kier molecular flexibility index (Phi) is 4.79. The van der Waals surface area contributed by atoms with Gasteiger partial charge in [-0.2, -0.15) is 0 Å². The minimum Gasteiger partial charge on any atom is -0.410 e. The Morgan fingerprint density at radius 2 is 2.00 bits per heavy atom. The van der Waals surface area contributed by atoms with E-state index in [-0.39, 0.29) is 12.0 Å². The maximum atomic E-state index is 11.5. The first-order valence-corrected chi connectivity index (χ1v) is 5.37. The lowest BCUT2D eigenvalue weighted by atomic mass is 10.1. The smallest absolute Gasteiger partial charge is 0.410 e. The van der Waals surface area contributed by atoms with Crippen molar-refractivity contribution in [1.29, 1.82) is 0 Å². The van der Waals surface area contributed by atoms with Gasteiger partial charge in [0.05, 0.1) is 0 Å². The number of rotatable bonds is 4. The average molecular weight is 222 g/mol. The topological polar surface area (TPSA) is 64.3 Å². The highest BCUT2D eigenvalue weighted by Crippen LogP contribution is 2.09. The average Bonchev–Trinajstić information content (AvgIpc) is 2.29. The summed E-state index contributed by atoms with van der Waals surface area (Å²) in [6.45, 7) is 4.42. The molecule has 1 amide bonds. The van der Waals surface area contributed by atoms with Crippen molar-refractivity contribution in [3.63, 3.8) is 0 Å². The number of carbonyl (C=O) groups excluding carboxylic acids is 1. The van der Waals surface area contributed by atoms with Crippen molar-refractivity contribution in [3.05, 3.63) is 30.3 Å². The molecule has 88 valence electrons. The summed E-state index contributed by atoms with van der Waals surface area (Å²) < 4.78 is 5.09. The number of hydrogen-bond donors (Lipinski definition) is 2. The second kappa shape index (κ2) is 6.12. The SMILES string of the molecule is CC(CN)C(C)NC(=O)Oc1ccccc1. The van der Waals surface area contributed by atoms with Crippen LogP contribution in [0.1, 0.15) is 13.8 Å². The van der Waals surface area contributed by atoms with E-state index < -0.39 is 6.09 Å². The van der Waals surface area contributed by atoms with E-state index >= 15 is 0 Å². The summed E-state index contributed by atoms with van der Waals surface area (Å²) in [5.74, 6) is 0.760. The molecule has 1 aromatic rings. The van der Waals surface area contributed by atoms with Crippen LogP contribution in [0.4, 0.5) is 4.79 Å². The minimum absolute atomic E-state index is 0.00112. The van der Waals surface area contributed by atoms with Crippen LogP contribution in [0.2, 0.25) is 0 Å². The first-order chi connectivity index (χ1) is 7.63. The molecule has 1 aromatic carbocycles. The van der Waals surface area contributed by atoms with E-state index in [0.29, 0.717) is 12.3 Å². The lowest BCUT2D eigenvalue weighted by molar-refractivity contribution is 0.193. The molecular formula is C12H18N2O2. The van der Waals surface area contributed by atoms with Gasteiger partial charge in [0.25, 0.3) is 0 Å². The number of nitrogens with one attached hydrogen (secondary N) is 1. The number of nitrogens with two attached hydrogens (primary N) is 1. The maximum absolute atomic E-state index is 11.5. The van der Waals surface area contributed by atoms with Gasteiger partial charge < -0.3 is 15.8 Å². The molecule has 0 aliphatic rings. The molecule has 0 aromatic heterocycles. The largest absolute Gasteiger partial charge is 0.412 e. The summed E-state index contributed by atoms with van der Waals surface area (Å²) in [7, 11) is 0. The van der Waals surface area contributed by atoms with Gasteiger partial charge in [-0.1, -0.05) is 25.1 Å². The van der Waals surface area contributed by atoms with Crippen LogP contribution in [0.15, 0.2) is 30.3 Å². The summed E-state index contributed by atoms with van der Waals surface area (Å²) in [5, 5.41) is 2.74. The second-order valence-corrected chi connectivity index (χ2v) is 3.85. The predicted molar refractivity (Wildman–Crippen MR) is 63.3 cm³/mol. The van der Waals surface area contributed by atoms with Gasteiger partial charge in [0.1, 0.15) is 5.75 Å². The zero-order valence-electron chi connectivity index (χ0n) is 9.64. The van der Waals surface area contributed by atoms with E-state index in [1.165, 1.54) is 0 Å². The summed E-state index contributed by atoms with van der Waals surface area (Å²) in [5.41, 5.74) is 5.51. The quantitative estimate of drug-likeness (QED) is 0.815. The molecule has 0 fully saturated rings. The van der Waals surface area contributed by atoms with Crippen LogP contribution in [-0.4, -0.2) is 18.7 Å². The molecule has 1 rings (SSSR count). The van der Waals surface area contributed by atoms with Crippen molar-refractivity contribution in [2.75, 3.05) is 6.54 Å². The highest BCUT2D eigenvalue weighted by atomic mass is 16.6. The van der Waals surface area contributed by atoms with Crippen molar-refractivity contribution in [3.8, 4) is 5.75 Å². The van der Waals surface area contributed by atoms with Crippen LogP contribution in [0.25, 0.3) is 0 Å². The van der Waals surface area contributed by atoms with E-state index in [9.17, 15) is 4.79 Å². The third-order valence-corrected chi connectivity index (χ3v) is 2.52. The van der Waals surface area contributed by atoms with Gasteiger partial charge in [-0.15, -0.1) is 0 Å². The Morgan fingerprint density at radius 3 is 2.56 bits per heavy atom. The molecule has 0 radical (unpaired) electrons. The molecule has 2 unspecified atom stereocenters. The highest BCUT2D eigenvalue weighted by molar-refractivity contribution is 5.70. The van der Waals surface area contributed by atoms with Gasteiger partial charge in [0.2, 0.25) is 0 Å². The van der Waals surface area contributed by atoms with E-state index in [1.807, 2.05) is 32.0 Å². The van der Waals surface area contributed by atoms with Crippen LogP contribution in [0.3, 0.4) is 0 Å². The van der Waals surface area contributed by atoms with Crippen molar-refractivity contribution in [2.24, 2.45) is 11.7 Å². The zero-order chi connectivity index (χ0) is 12.0. The Balaban J connectivity index is 2.42. The number of amides is 1. The fraction of sp³-hybridized carbons (Fsp3) is 0.417. The van der Waals surface area contributed by atoms with Gasteiger partial charge in [0, 0.05) is 6.04 Å². The van der Waals surface area contributed by atoms with Gasteiger partial charge >= 0.3 is 6.09 Å². The van der Waals surface area contributed by atoms with Crippen molar-refractivity contribution in [2.45, 2.75) is 19.9 Å². The number of carbonyl (C=O) groups is 1. The summed E-state index contributed by atoms with van der Waals surface area (Å²) in [6.07, 6.45) is -0.445. The highest BCUT2D eigenvalue weighted by Gasteiger charge is 2.14. The third kappa shape index (κ3) is 3.90. The molecule has 0 saturated carbocycles. The van der Waals surface area contributed by atoms with E-state index in [1.54, 1.807) is 12.1 Å². The molecule has 4 heteroatoms. The summed E-state index contributed by atoms with van der Waals surface area (Å²) in [4.78, 5) is 11.5. The number of ether oxygens (including phenoxy) is 1. The van der Waals surface area contributed by atoms with Gasteiger partial charge in [0.15, 0.2) is 0 Å². The van der Waals surface area contributed by atoms with Gasteiger partial charge in [-0.05, 0) is 31.5 Å². The van der Waals surface area contributed by atoms with E-state index in [0.717, 1.165) is 0 Å². The van der Waals surface area contributed by atoms with Crippen LogP contribution in [-0.2, 0) is 0 Å². The van der Waals surface area contributed by atoms with Crippen molar-refractivity contribution in [1.82, 2.24) is 5.32 Å². The molecule has 3 N–H and O–H groups in total. The van der Waals surface area contributed by atoms with Crippen LogP contribution in [0.5, 0.6) is 5.75 Å². The Morgan fingerprint density at radius 1 is 1.38 bits per heavy atom. The van der Waals surface area contributed by atoms with Crippen LogP contribution < -0.4 is 15.8 Å². The molecule has 0 spiro atoms. The fourth-order valence-electron chi connectivity index (χ4n) is 1.16. The third-order valence-electron chi connectivity index (χ3n) is 2.52. The first-order valence-electron chi connectivity index (χ1n) is 5.37. The molecule has 0 bridgehead atoms. The summed E-state index contributed by atoms with van der Waals surface area (Å²) >= 11 is 0. The van der Waals surface area contributed by atoms with Crippen LogP contribution >= 0.6 is 0 Å². The first kappa shape index (κ1) is 12.5. The lowest BCUT2D eigenvalue weighted by Crippen LogP contribution is -2.41.